The molecular weight excluding hydrogens is 266 g/mol. The average molecular weight is 285 g/mol. The summed E-state index contributed by atoms with van der Waals surface area (Å²) in [5, 5.41) is 9.80. The number of hydrogen-bond acceptors (Lipinski definition) is 4. The average Bonchev–Trinajstić information content (AvgIpc) is 2.85. The van der Waals surface area contributed by atoms with Crippen LogP contribution in [0.5, 0.6) is 11.5 Å². The van der Waals surface area contributed by atoms with Crippen molar-refractivity contribution in [2.45, 2.75) is 32.5 Å². The van der Waals surface area contributed by atoms with Gasteiger partial charge in [0.2, 0.25) is 0 Å². The van der Waals surface area contributed by atoms with E-state index in [1.807, 2.05) is 37.3 Å². The molecule has 1 aliphatic carbocycles. The fraction of sp³-hybridized carbons (Fsp3) is 0.353. The van der Waals surface area contributed by atoms with E-state index >= 15 is 0 Å². The van der Waals surface area contributed by atoms with Crippen LogP contribution in [0.4, 0.5) is 0 Å². The zero-order chi connectivity index (χ0) is 14.8. The first-order valence-corrected chi connectivity index (χ1v) is 7.11. The molecule has 1 atom stereocenters. The molecule has 0 saturated heterocycles. The van der Waals surface area contributed by atoms with Crippen molar-refractivity contribution >= 4 is 0 Å². The van der Waals surface area contributed by atoms with Gasteiger partial charge in [-0.2, -0.15) is 0 Å². The predicted molar refractivity (Wildman–Crippen MR) is 79.6 cm³/mol. The van der Waals surface area contributed by atoms with Crippen molar-refractivity contribution in [2.75, 3.05) is 7.11 Å². The van der Waals surface area contributed by atoms with Gasteiger partial charge in [-0.15, -0.1) is 0 Å². The first-order chi connectivity index (χ1) is 10.2. The Kier molecular flexibility index (Phi) is 3.80. The molecule has 4 nitrogen and oxygen atoms in total. The zero-order valence-corrected chi connectivity index (χ0v) is 12.3. The molecule has 0 aliphatic heterocycles. The summed E-state index contributed by atoms with van der Waals surface area (Å²) in [5.74, 6) is 1.60. The van der Waals surface area contributed by atoms with Gasteiger partial charge in [0.05, 0.1) is 18.9 Å². The molecule has 3 rings (SSSR count). The second kappa shape index (κ2) is 5.74. The Morgan fingerprint density at radius 3 is 2.90 bits per heavy atom. The molecule has 1 aliphatic rings. The van der Waals surface area contributed by atoms with Gasteiger partial charge in [-0.3, -0.25) is 4.98 Å². The molecule has 1 N–H and O–H groups in total. The molecule has 0 unspecified atom stereocenters. The van der Waals surface area contributed by atoms with Gasteiger partial charge in [0.15, 0.2) is 0 Å². The van der Waals surface area contributed by atoms with Crippen LogP contribution in [-0.4, -0.2) is 17.2 Å². The van der Waals surface area contributed by atoms with Gasteiger partial charge in [0.25, 0.3) is 0 Å². The molecule has 4 heteroatoms. The van der Waals surface area contributed by atoms with E-state index in [4.69, 9.17) is 9.47 Å². The number of aliphatic hydroxyl groups excluding tert-OH is 1. The summed E-state index contributed by atoms with van der Waals surface area (Å²) >= 11 is 0. The maximum absolute atomic E-state index is 9.80. The van der Waals surface area contributed by atoms with Gasteiger partial charge in [-0.1, -0.05) is 6.07 Å². The number of methoxy groups -OCH3 is 1. The van der Waals surface area contributed by atoms with Crippen LogP contribution < -0.4 is 9.47 Å². The van der Waals surface area contributed by atoms with Gasteiger partial charge >= 0.3 is 0 Å². The molecule has 21 heavy (non-hydrogen) atoms. The van der Waals surface area contributed by atoms with Gasteiger partial charge in [0.1, 0.15) is 18.1 Å². The van der Waals surface area contributed by atoms with Gasteiger partial charge in [0, 0.05) is 17.8 Å². The summed E-state index contributed by atoms with van der Waals surface area (Å²) < 4.78 is 11.0. The fourth-order valence-corrected chi connectivity index (χ4v) is 2.71. The number of aliphatic hydroxyl groups is 1. The lowest BCUT2D eigenvalue weighted by Gasteiger charge is -2.10. The Hall–Kier alpha value is -2.07. The summed E-state index contributed by atoms with van der Waals surface area (Å²) in [5.41, 5.74) is 3.95. The summed E-state index contributed by atoms with van der Waals surface area (Å²) in [6.07, 6.45) is 1.39. The lowest BCUT2D eigenvalue weighted by molar-refractivity contribution is 0.180. The highest BCUT2D eigenvalue weighted by molar-refractivity contribution is 5.40. The molecule has 1 aromatic carbocycles. The predicted octanol–water partition coefficient (Wildman–Crippen LogP) is 2.96. The minimum atomic E-state index is -0.322. The van der Waals surface area contributed by atoms with Gasteiger partial charge in [-0.25, -0.2) is 0 Å². The SMILES string of the molecule is COc1cc(C)nc(COc2ccc3c(c2)CC[C@H]3O)c1. The van der Waals surface area contributed by atoms with Crippen molar-refractivity contribution in [1.82, 2.24) is 4.98 Å². The van der Waals surface area contributed by atoms with E-state index < -0.39 is 0 Å². The second-order valence-corrected chi connectivity index (χ2v) is 5.34. The number of rotatable bonds is 4. The molecule has 0 bridgehead atoms. The van der Waals surface area contributed by atoms with Crippen LogP contribution >= 0.6 is 0 Å². The number of aryl methyl sites for hydroxylation is 2. The van der Waals surface area contributed by atoms with Crippen molar-refractivity contribution in [3.63, 3.8) is 0 Å². The molecular formula is C17H19NO3. The summed E-state index contributed by atoms with van der Waals surface area (Å²) in [4.78, 5) is 4.44. The highest BCUT2D eigenvalue weighted by Gasteiger charge is 2.20. The van der Waals surface area contributed by atoms with Crippen LogP contribution in [0, 0.1) is 6.92 Å². The molecule has 0 radical (unpaired) electrons. The lowest BCUT2D eigenvalue weighted by atomic mass is 10.1. The van der Waals surface area contributed by atoms with Crippen LogP contribution in [0.1, 0.15) is 35.0 Å². The monoisotopic (exact) mass is 285 g/mol. The number of benzene rings is 1. The number of ether oxygens (including phenoxy) is 2. The third-order valence-corrected chi connectivity index (χ3v) is 3.76. The van der Waals surface area contributed by atoms with Crippen molar-refractivity contribution < 1.29 is 14.6 Å². The third kappa shape index (κ3) is 3.00. The van der Waals surface area contributed by atoms with Crippen LogP contribution in [-0.2, 0) is 13.0 Å². The molecule has 0 fully saturated rings. The minimum absolute atomic E-state index is 0.322. The van der Waals surface area contributed by atoms with Gasteiger partial charge < -0.3 is 14.6 Å². The highest BCUT2D eigenvalue weighted by atomic mass is 16.5. The van der Waals surface area contributed by atoms with Crippen LogP contribution in [0.15, 0.2) is 30.3 Å². The standard InChI is InChI=1S/C17H19NO3/c1-11-7-15(20-2)9-13(18-11)10-21-14-4-5-16-12(8-14)3-6-17(16)19/h4-5,7-9,17,19H,3,6,10H2,1-2H3/t17-/m1/s1. The van der Waals surface area contributed by atoms with E-state index in [0.717, 1.165) is 41.3 Å². The molecule has 110 valence electrons. The largest absolute Gasteiger partial charge is 0.497 e. The van der Waals surface area contributed by atoms with Crippen molar-refractivity contribution in [3.8, 4) is 11.5 Å². The Balaban J connectivity index is 1.72. The number of fused-ring (bicyclic) bond motifs is 1. The van der Waals surface area contributed by atoms with Crippen LogP contribution in [0.3, 0.4) is 0 Å². The summed E-state index contributed by atoms with van der Waals surface area (Å²) in [6.45, 7) is 2.34. The highest BCUT2D eigenvalue weighted by Crippen LogP contribution is 2.33. The number of pyridine rings is 1. The van der Waals surface area contributed by atoms with Gasteiger partial charge in [-0.05, 0) is 43.0 Å². The van der Waals surface area contributed by atoms with Crippen LogP contribution in [0.2, 0.25) is 0 Å². The zero-order valence-electron chi connectivity index (χ0n) is 12.3. The second-order valence-electron chi connectivity index (χ2n) is 5.34. The lowest BCUT2D eigenvalue weighted by Crippen LogP contribution is -2.01. The minimum Gasteiger partial charge on any atom is -0.497 e. The van der Waals surface area contributed by atoms with Crippen molar-refractivity contribution in [2.24, 2.45) is 0 Å². The molecule has 0 amide bonds. The summed E-state index contributed by atoms with van der Waals surface area (Å²) in [6, 6.07) is 9.63. The maximum atomic E-state index is 9.80. The van der Waals surface area contributed by atoms with E-state index in [1.165, 1.54) is 5.56 Å². The molecule has 0 saturated carbocycles. The van der Waals surface area contributed by atoms with Crippen molar-refractivity contribution in [1.29, 1.82) is 0 Å². The number of aromatic nitrogens is 1. The number of hydrogen-bond donors (Lipinski definition) is 1. The fourth-order valence-electron chi connectivity index (χ4n) is 2.71. The first kappa shape index (κ1) is 13.9. The smallest absolute Gasteiger partial charge is 0.130 e. The topological polar surface area (TPSA) is 51.6 Å². The Bertz CT molecular complexity index is 654. The number of nitrogens with zero attached hydrogens (tertiary/aromatic N) is 1. The molecule has 1 aromatic heterocycles. The molecule has 0 spiro atoms. The Labute approximate surface area is 124 Å². The van der Waals surface area contributed by atoms with E-state index in [9.17, 15) is 5.11 Å². The maximum Gasteiger partial charge on any atom is 0.130 e. The van der Waals surface area contributed by atoms with E-state index in [1.54, 1.807) is 7.11 Å². The third-order valence-electron chi connectivity index (χ3n) is 3.76. The van der Waals surface area contributed by atoms with Crippen molar-refractivity contribution in [3.05, 3.63) is 52.8 Å². The van der Waals surface area contributed by atoms with Crippen LogP contribution in [0.25, 0.3) is 0 Å². The van der Waals surface area contributed by atoms with E-state index in [0.29, 0.717) is 6.61 Å². The first-order valence-electron chi connectivity index (χ1n) is 7.11. The normalized spacial score (nSPS) is 16.6. The molecule has 2 aromatic rings. The Morgan fingerprint density at radius 1 is 1.24 bits per heavy atom. The molecule has 1 heterocycles. The summed E-state index contributed by atoms with van der Waals surface area (Å²) in [7, 11) is 1.64. The van der Waals surface area contributed by atoms with E-state index in [-0.39, 0.29) is 6.10 Å². The quantitative estimate of drug-likeness (QED) is 0.938. The van der Waals surface area contributed by atoms with E-state index in [2.05, 4.69) is 4.98 Å². The Morgan fingerprint density at radius 2 is 2.10 bits per heavy atom.